The molecule has 0 radical (unpaired) electrons. The average molecular weight is 275 g/mol. The lowest BCUT2D eigenvalue weighted by Gasteiger charge is -2.22. The lowest BCUT2D eigenvalue weighted by atomic mass is 10.1. The Hall–Kier alpha value is -1.62. The number of nitrogen functional groups attached to an aromatic ring is 1. The van der Waals surface area contributed by atoms with E-state index >= 15 is 0 Å². The molecule has 0 bridgehead atoms. The zero-order chi connectivity index (χ0) is 13.1. The summed E-state index contributed by atoms with van der Waals surface area (Å²) < 4.78 is 5.98. The Balaban J connectivity index is 1.68. The molecule has 4 nitrogen and oxygen atoms in total. The van der Waals surface area contributed by atoms with Crippen molar-refractivity contribution < 1.29 is 4.74 Å². The number of anilines is 1. The van der Waals surface area contributed by atoms with Gasteiger partial charge < -0.3 is 10.5 Å². The van der Waals surface area contributed by atoms with E-state index in [9.17, 15) is 0 Å². The van der Waals surface area contributed by atoms with Crippen LogP contribution in [0.5, 0.6) is 5.75 Å². The number of benzene rings is 1. The molecular formula is C14H17N3OS. The van der Waals surface area contributed by atoms with E-state index in [1.165, 1.54) is 12.2 Å². The molecule has 0 saturated carbocycles. The second-order valence-electron chi connectivity index (χ2n) is 4.69. The van der Waals surface area contributed by atoms with Crippen LogP contribution >= 0.6 is 11.8 Å². The minimum Gasteiger partial charge on any atom is -0.490 e. The highest BCUT2D eigenvalue weighted by Crippen LogP contribution is 2.25. The number of H-pyrrole nitrogens is 1. The van der Waals surface area contributed by atoms with Gasteiger partial charge in [-0.25, -0.2) is 0 Å². The molecule has 3 rings (SSSR count). The predicted octanol–water partition coefficient (Wildman–Crippen LogP) is 2.93. The Morgan fingerprint density at radius 1 is 1.32 bits per heavy atom. The number of aromatic nitrogens is 2. The van der Waals surface area contributed by atoms with Gasteiger partial charge in [0.05, 0.1) is 5.69 Å². The summed E-state index contributed by atoms with van der Waals surface area (Å²) in [6, 6.07) is 9.89. The fourth-order valence-corrected chi connectivity index (χ4v) is 3.23. The van der Waals surface area contributed by atoms with Crippen molar-refractivity contribution in [3.63, 3.8) is 0 Å². The molecule has 2 heterocycles. The van der Waals surface area contributed by atoms with Gasteiger partial charge in [-0.05, 0) is 48.4 Å². The van der Waals surface area contributed by atoms with Crippen molar-refractivity contribution in [1.29, 1.82) is 0 Å². The van der Waals surface area contributed by atoms with Crippen LogP contribution in [-0.2, 0) is 0 Å². The molecule has 3 N–H and O–H groups in total. The summed E-state index contributed by atoms with van der Waals surface area (Å²) in [7, 11) is 0. The van der Waals surface area contributed by atoms with Crippen molar-refractivity contribution in [2.75, 3.05) is 17.2 Å². The largest absolute Gasteiger partial charge is 0.490 e. The predicted molar refractivity (Wildman–Crippen MR) is 79.4 cm³/mol. The van der Waals surface area contributed by atoms with Crippen LogP contribution < -0.4 is 10.5 Å². The number of hydrogen-bond donors (Lipinski definition) is 2. The molecule has 1 aromatic heterocycles. The Morgan fingerprint density at radius 3 is 2.79 bits per heavy atom. The van der Waals surface area contributed by atoms with E-state index in [1.54, 1.807) is 0 Å². The summed E-state index contributed by atoms with van der Waals surface area (Å²) >= 11 is 1.97. The third kappa shape index (κ3) is 3.04. The minimum absolute atomic E-state index is 0.354. The molecule has 0 amide bonds. The van der Waals surface area contributed by atoms with Gasteiger partial charge in [-0.3, -0.25) is 5.10 Å². The van der Waals surface area contributed by atoms with Crippen LogP contribution in [0.25, 0.3) is 11.3 Å². The van der Waals surface area contributed by atoms with Crippen LogP contribution in [-0.4, -0.2) is 27.8 Å². The van der Waals surface area contributed by atoms with Crippen LogP contribution in [0.2, 0.25) is 0 Å². The first-order valence-electron chi connectivity index (χ1n) is 6.47. The van der Waals surface area contributed by atoms with E-state index in [-0.39, 0.29) is 0 Å². The van der Waals surface area contributed by atoms with Gasteiger partial charge in [0, 0.05) is 11.8 Å². The molecule has 0 aliphatic carbocycles. The van der Waals surface area contributed by atoms with Gasteiger partial charge in [-0.1, -0.05) is 0 Å². The van der Waals surface area contributed by atoms with E-state index in [0.717, 1.165) is 29.2 Å². The number of nitrogens with two attached hydrogens (primary N) is 1. The molecule has 19 heavy (non-hydrogen) atoms. The van der Waals surface area contributed by atoms with Gasteiger partial charge in [0.1, 0.15) is 17.7 Å². The lowest BCUT2D eigenvalue weighted by Crippen LogP contribution is -2.23. The maximum atomic E-state index is 5.98. The van der Waals surface area contributed by atoms with Crippen molar-refractivity contribution in [1.82, 2.24) is 10.2 Å². The fourth-order valence-electron chi connectivity index (χ4n) is 2.19. The van der Waals surface area contributed by atoms with E-state index in [2.05, 4.69) is 10.2 Å². The van der Waals surface area contributed by atoms with Crippen molar-refractivity contribution in [3.8, 4) is 17.0 Å². The third-order valence-corrected chi connectivity index (χ3v) is 4.37. The van der Waals surface area contributed by atoms with Crippen LogP contribution in [0.15, 0.2) is 30.3 Å². The summed E-state index contributed by atoms with van der Waals surface area (Å²) in [6.07, 6.45) is 2.76. The summed E-state index contributed by atoms with van der Waals surface area (Å²) in [4.78, 5) is 0. The molecule has 100 valence electrons. The number of aromatic amines is 1. The Kier molecular flexibility index (Phi) is 3.64. The highest BCUT2D eigenvalue weighted by molar-refractivity contribution is 7.99. The van der Waals surface area contributed by atoms with Crippen molar-refractivity contribution in [3.05, 3.63) is 30.3 Å². The van der Waals surface area contributed by atoms with Crippen LogP contribution in [0.3, 0.4) is 0 Å². The fraction of sp³-hybridized carbons (Fsp3) is 0.357. The molecule has 1 fully saturated rings. The smallest absolute Gasteiger partial charge is 0.145 e. The van der Waals surface area contributed by atoms with Crippen LogP contribution in [0, 0.1) is 0 Å². The number of hydrogen-bond acceptors (Lipinski definition) is 4. The molecule has 1 aliphatic heterocycles. The number of rotatable bonds is 3. The quantitative estimate of drug-likeness (QED) is 0.904. The zero-order valence-electron chi connectivity index (χ0n) is 10.6. The normalized spacial score (nSPS) is 19.3. The molecular weight excluding hydrogens is 258 g/mol. The molecule has 2 aromatic rings. The van der Waals surface area contributed by atoms with E-state index in [0.29, 0.717) is 11.9 Å². The topological polar surface area (TPSA) is 63.9 Å². The van der Waals surface area contributed by atoms with Crippen molar-refractivity contribution in [2.24, 2.45) is 0 Å². The number of nitrogens with one attached hydrogen (secondary N) is 1. The Bertz CT molecular complexity index is 532. The maximum Gasteiger partial charge on any atom is 0.145 e. The molecule has 1 aromatic carbocycles. The maximum absolute atomic E-state index is 5.98. The van der Waals surface area contributed by atoms with Crippen molar-refractivity contribution in [2.45, 2.75) is 18.9 Å². The van der Waals surface area contributed by atoms with Crippen molar-refractivity contribution >= 4 is 17.6 Å². The van der Waals surface area contributed by atoms with E-state index in [4.69, 9.17) is 10.5 Å². The first-order valence-corrected chi connectivity index (χ1v) is 7.62. The number of nitrogens with zero attached hydrogens (tertiary/aromatic N) is 1. The first kappa shape index (κ1) is 12.4. The summed E-state index contributed by atoms with van der Waals surface area (Å²) in [5.74, 6) is 3.80. The molecule has 0 spiro atoms. The summed E-state index contributed by atoms with van der Waals surface area (Å²) in [5.41, 5.74) is 7.59. The SMILES string of the molecule is Nc1cc(-c2ccc(OC3CCCSC3)cc2)[nH]n1. The standard InChI is InChI=1S/C14H17N3OS/c15-14-8-13(16-17-14)10-3-5-11(6-4-10)18-12-2-1-7-19-9-12/h3-6,8,12H,1-2,7,9H2,(H3,15,16,17). The average Bonchev–Trinajstić information content (AvgIpc) is 2.87. The summed E-state index contributed by atoms with van der Waals surface area (Å²) in [6.45, 7) is 0. The lowest BCUT2D eigenvalue weighted by molar-refractivity contribution is 0.211. The zero-order valence-corrected chi connectivity index (χ0v) is 11.5. The first-order chi connectivity index (χ1) is 9.31. The number of thioether (sulfide) groups is 1. The van der Waals surface area contributed by atoms with Gasteiger partial charge in [0.15, 0.2) is 0 Å². The monoisotopic (exact) mass is 275 g/mol. The second kappa shape index (κ2) is 5.57. The highest BCUT2D eigenvalue weighted by Gasteiger charge is 2.15. The van der Waals surface area contributed by atoms with Gasteiger partial charge in [0.25, 0.3) is 0 Å². The molecule has 1 aliphatic rings. The Morgan fingerprint density at radius 2 is 2.16 bits per heavy atom. The molecule has 1 saturated heterocycles. The summed E-state index contributed by atoms with van der Waals surface area (Å²) in [5, 5.41) is 6.83. The minimum atomic E-state index is 0.354. The van der Waals surface area contributed by atoms with Crippen LogP contribution in [0.1, 0.15) is 12.8 Å². The third-order valence-electron chi connectivity index (χ3n) is 3.18. The van der Waals surface area contributed by atoms with Gasteiger partial charge in [0.2, 0.25) is 0 Å². The van der Waals surface area contributed by atoms with Gasteiger partial charge in [-0.2, -0.15) is 16.9 Å². The van der Waals surface area contributed by atoms with Gasteiger partial charge in [-0.15, -0.1) is 0 Å². The van der Waals surface area contributed by atoms with Crippen LogP contribution in [0.4, 0.5) is 5.82 Å². The number of ether oxygens (including phenoxy) is 1. The van der Waals surface area contributed by atoms with E-state index < -0.39 is 0 Å². The van der Waals surface area contributed by atoms with Gasteiger partial charge >= 0.3 is 0 Å². The molecule has 5 heteroatoms. The molecule has 1 unspecified atom stereocenters. The molecule has 1 atom stereocenters. The van der Waals surface area contributed by atoms with E-state index in [1.807, 2.05) is 42.1 Å². The second-order valence-corrected chi connectivity index (χ2v) is 5.84. The highest BCUT2D eigenvalue weighted by atomic mass is 32.2. The Labute approximate surface area is 116 Å².